The summed E-state index contributed by atoms with van der Waals surface area (Å²) in [6.07, 6.45) is -6.66. The molecule has 1 aliphatic carbocycles. The molecule has 23 heteroatoms. The predicted molar refractivity (Wildman–Crippen MR) is 222 cm³/mol. The van der Waals surface area contributed by atoms with Crippen molar-refractivity contribution in [2.24, 2.45) is 0 Å². The number of alkyl halides is 5. The third-order valence-electron chi connectivity index (χ3n) is 10.7. The van der Waals surface area contributed by atoms with Crippen molar-refractivity contribution < 1.29 is 48.7 Å². The first-order valence-electron chi connectivity index (χ1n) is 19.9. The van der Waals surface area contributed by atoms with Crippen molar-refractivity contribution in [3.63, 3.8) is 0 Å². The van der Waals surface area contributed by atoms with Crippen LogP contribution in [-0.2, 0) is 39.1 Å². The maximum absolute atomic E-state index is 15.1. The second-order valence-electron chi connectivity index (χ2n) is 16.1. The molecule has 4 heterocycles. The first-order chi connectivity index (χ1) is 30.1. The van der Waals surface area contributed by atoms with Crippen molar-refractivity contribution in [3.8, 4) is 5.69 Å². The van der Waals surface area contributed by atoms with Gasteiger partial charge in [-0.2, -0.15) is 23.4 Å². The van der Waals surface area contributed by atoms with Crippen LogP contribution >= 0.6 is 11.6 Å². The quantitative estimate of drug-likeness (QED) is 0.113. The number of carbonyl (C=O) groups is 1. The van der Waals surface area contributed by atoms with Crippen LogP contribution in [0.15, 0.2) is 59.4 Å². The van der Waals surface area contributed by atoms with E-state index in [-0.39, 0.29) is 56.5 Å². The molecule has 2 N–H and O–H groups in total. The van der Waals surface area contributed by atoms with Crippen LogP contribution in [0.1, 0.15) is 67.9 Å². The molecular weight excluding hydrogens is 899 g/mol. The van der Waals surface area contributed by atoms with E-state index in [1.165, 1.54) is 24.3 Å². The van der Waals surface area contributed by atoms with E-state index in [4.69, 9.17) is 21.3 Å². The maximum atomic E-state index is 15.1. The maximum Gasteiger partial charge on any atom is 0.408 e. The Morgan fingerprint density at radius 2 is 1.66 bits per heavy atom. The molecule has 6 aromatic rings. The Kier molecular flexibility index (Phi) is 11.9. The number of sulfonamides is 1. The van der Waals surface area contributed by atoms with Gasteiger partial charge in [-0.3, -0.25) is 28.2 Å². The number of halogens is 8. The van der Waals surface area contributed by atoms with Gasteiger partial charge in [-0.25, -0.2) is 31.0 Å². The summed E-state index contributed by atoms with van der Waals surface area (Å²) < 4.78 is 136. The Labute approximate surface area is 365 Å². The van der Waals surface area contributed by atoms with E-state index in [0.717, 1.165) is 40.5 Å². The van der Waals surface area contributed by atoms with E-state index in [0.29, 0.717) is 35.2 Å². The van der Waals surface area contributed by atoms with Gasteiger partial charge in [-0.1, -0.05) is 11.6 Å². The molecule has 64 heavy (non-hydrogen) atoms. The molecule has 1 amide bonds. The van der Waals surface area contributed by atoms with E-state index < -0.39 is 88.3 Å². The number of morpholine rings is 1. The van der Waals surface area contributed by atoms with Gasteiger partial charge in [0.05, 0.1) is 62.7 Å². The van der Waals surface area contributed by atoms with Crippen molar-refractivity contribution in [3.05, 3.63) is 104 Å². The summed E-state index contributed by atoms with van der Waals surface area (Å²) in [5.74, 6) is -4.01. The normalized spacial score (nSPS) is 17.7. The molecule has 8 rings (SSSR count). The smallest absolute Gasteiger partial charge is 0.372 e. The largest absolute Gasteiger partial charge is 0.408 e. The van der Waals surface area contributed by atoms with E-state index in [1.54, 1.807) is 12.1 Å². The molecule has 0 unspecified atom stereocenters. The molecule has 1 saturated carbocycles. The standard InChI is InChI=1S/C41H39ClF7N9O5S/c1-20-16-55(17-21(2)63-20)26-6-7-27-30(14-26)51-39(58(40(27)60)32-9-8-28(42)35-36(32)57(19-41(47,48)49)53-38(35)54-64(3,61)62)31(12-22-10-24(43)13-25(44)11-22)50-34(59)18-56-33(37(45)46)15-29(52-56)23-4-5-23/h6-11,13-15,20-21,23,31,37H,4-5,12,16-19H2,1-3H3,(H,50,59)(H,53,54)/t20-,21+,31-/m0/s1. The van der Waals surface area contributed by atoms with Gasteiger partial charge in [0.2, 0.25) is 15.9 Å². The van der Waals surface area contributed by atoms with Gasteiger partial charge in [0.25, 0.3) is 12.0 Å². The third kappa shape index (κ3) is 9.67. The zero-order valence-corrected chi connectivity index (χ0v) is 35.7. The molecule has 2 aliphatic rings. The molecule has 1 aliphatic heterocycles. The van der Waals surface area contributed by atoms with Gasteiger partial charge >= 0.3 is 6.18 Å². The van der Waals surface area contributed by atoms with E-state index in [1.807, 2.05) is 18.7 Å². The number of ether oxygens (including phenoxy) is 1. The van der Waals surface area contributed by atoms with Crippen LogP contribution < -0.4 is 20.5 Å². The number of amides is 1. The number of aromatic nitrogens is 6. The van der Waals surface area contributed by atoms with E-state index >= 15 is 4.79 Å². The van der Waals surface area contributed by atoms with Crippen LogP contribution in [0.4, 0.5) is 42.2 Å². The Balaban J connectivity index is 1.38. The lowest BCUT2D eigenvalue weighted by Gasteiger charge is -2.37. The third-order valence-corrected chi connectivity index (χ3v) is 11.6. The zero-order chi connectivity index (χ0) is 46.0. The Bertz CT molecular complexity index is 2940. The van der Waals surface area contributed by atoms with Crippen molar-refractivity contribution in [2.45, 2.75) is 83.0 Å². The number of anilines is 2. The van der Waals surface area contributed by atoms with Crippen molar-refractivity contribution >= 4 is 60.8 Å². The first-order valence-corrected chi connectivity index (χ1v) is 22.2. The predicted octanol–water partition coefficient (Wildman–Crippen LogP) is 7.33. The van der Waals surface area contributed by atoms with Gasteiger partial charge in [0.15, 0.2) is 5.82 Å². The Hall–Kier alpha value is -5.74. The molecular formula is C41H39ClF7N9O5S. The number of nitrogens with one attached hydrogen (secondary N) is 2. The molecule has 3 aromatic carbocycles. The summed E-state index contributed by atoms with van der Waals surface area (Å²) in [6, 6.07) is 9.20. The summed E-state index contributed by atoms with van der Waals surface area (Å²) in [4.78, 5) is 36.0. The highest BCUT2D eigenvalue weighted by atomic mass is 35.5. The molecule has 3 aromatic heterocycles. The van der Waals surface area contributed by atoms with Gasteiger partial charge < -0.3 is 15.0 Å². The molecule has 3 atom stereocenters. The topological polar surface area (TPSA) is 158 Å². The van der Waals surface area contributed by atoms with Crippen molar-refractivity contribution in [1.82, 2.24) is 34.4 Å². The summed E-state index contributed by atoms with van der Waals surface area (Å²) >= 11 is 6.55. The van der Waals surface area contributed by atoms with Crippen LogP contribution in [0.2, 0.25) is 5.02 Å². The average molecular weight is 938 g/mol. The van der Waals surface area contributed by atoms with Crippen LogP contribution in [0, 0.1) is 11.6 Å². The van der Waals surface area contributed by atoms with Gasteiger partial charge in [-0.05, 0) is 80.8 Å². The number of carbonyl (C=O) groups excluding carboxylic acids is 1. The second kappa shape index (κ2) is 17.0. The number of nitrogens with zero attached hydrogens (tertiary/aromatic N) is 7. The molecule has 340 valence electrons. The van der Waals surface area contributed by atoms with Gasteiger partial charge in [-0.15, -0.1) is 0 Å². The Morgan fingerprint density at radius 1 is 0.969 bits per heavy atom. The first kappa shape index (κ1) is 44.9. The molecule has 1 saturated heterocycles. The summed E-state index contributed by atoms with van der Waals surface area (Å²) in [5.41, 5.74) is -1.34. The minimum absolute atomic E-state index is 0.0415. The van der Waals surface area contributed by atoms with E-state index in [9.17, 15) is 43.9 Å². The highest BCUT2D eigenvalue weighted by molar-refractivity contribution is 7.92. The minimum Gasteiger partial charge on any atom is -0.372 e. The molecule has 14 nitrogen and oxygen atoms in total. The average Bonchev–Trinajstić information content (AvgIpc) is 3.85. The fraction of sp³-hybridized carbons (Fsp3) is 0.390. The number of hydrogen-bond donors (Lipinski definition) is 2. The highest BCUT2D eigenvalue weighted by Crippen LogP contribution is 2.41. The van der Waals surface area contributed by atoms with Crippen LogP contribution in [0.25, 0.3) is 27.5 Å². The zero-order valence-electron chi connectivity index (χ0n) is 34.1. The minimum atomic E-state index is -4.96. The Morgan fingerprint density at radius 3 is 2.28 bits per heavy atom. The summed E-state index contributed by atoms with van der Waals surface area (Å²) in [5, 5.41) is 10.2. The van der Waals surface area contributed by atoms with Crippen LogP contribution in [0.3, 0.4) is 0 Å². The molecule has 0 radical (unpaired) electrons. The number of benzene rings is 3. The van der Waals surface area contributed by atoms with E-state index in [2.05, 4.69) is 20.2 Å². The van der Waals surface area contributed by atoms with Gasteiger partial charge in [0, 0.05) is 37.2 Å². The fourth-order valence-electron chi connectivity index (χ4n) is 8.10. The molecule has 2 fully saturated rings. The van der Waals surface area contributed by atoms with Crippen molar-refractivity contribution in [1.29, 1.82) is 0 Å². The number of hydrogen-bond acceptors (Lipinski definition) is 9. The fourth-order valence-corrected chi connectivity index (χ4v) is 8.83. The lowest BCUT2D eigenvalue weighted by Crippen LogP contribution is -2.45. The van der Waals surface area contributed by atoms with Crippen LogP contribution in [-0.4, -0.2) is 81.2 Å². The lowest BCUT2D eigenvalue weighted by atomic mass is 10.0. The highest BCUT2D eigenvalue weighted by Gasteiger charge is 2.34. The monoisotopic (exact) mass is 937 g/mol. The summed E-state index contributed by atoms with van der Waals surface area (Å²) in [7, 11) is -4.18. The molecule has 0 bridgehead atoms. The second-order valence-corrected chi connectivity index (χ2v) is 18.2. The molecule has 0 spiro atoms. The van der Waals surface area contributed by atoms with Crippen molar-refractivity contribution in [2.75, 3.05) is 29.0 Å². The number of rotatable bonds is 13. The number of fused-ring (bicyclic) bond motifs is 2. The lowest BCUT2D eigenvalue weighted by molar-refractivity contribution is -0.141. The van der Waals surface area contributed by atoms with Gasteiger partial charge in [0.1, 0.15) is 36.2 Å². The SMILES string of the molecule is C[C@@H]1CN(c2ccc3c(=O)n(-c4ccc(Cl)c5c(NS(C)(=O)=O)nn(CC(F)(F)F)c45)c([C@H](Cc4cc(F)cc(F)c4)NC(=O)Cn4nc(C5CC5)cc4C(F)F)nc3c2)C[C@H](C)O1. The summed E-state index contributed by atoms with van der Waals surface area (Å²) in [6.45, 7) is 2.10. The van der Waals surface area contributed by atoms with Crippen LogP contribution in [0.5, 0.6) is 0 Å².